The van der Waals surface area contributed by atoms with Crippen molar-refractivity contribution >= 4 is 11.6 Å². The summed E-state index contributed by atoms with van der Waals surface area (Å²) in [6.07, 6.45) is 1.12. The molecule has 4 heteroatoms. The Morgan fingerprint density at radius 2 is 2.00 bits per heavy atom. The van der Waals surface area contributed by atoms with Crippen molar-refractivity contribution in [2.45, 2.75) is 26.2 Å². The second-order valence-corrected chi connectivity index (χ2v) is 4.65. The minimum Gasteiger partial charge on any atom is -0.383 e. The highest BCUT2D eigenvalue weighted by atomic mass is 16.5. The van der Waals surface area contributed by atoms with Crippen molar-refractivity contribution in [2.24, 2.45) is 0 Å². The Balaban J connectivity index is 2.38. The fourth-order valence-electron chi connectivity index (χ4n) is 1.71. The van der Waals surface area contributed by atoms with Crippen LogP contribution < -0.4 is 10.6 Å². The molecule has 1 amide bonds. The molecule has 0 aliphatic rings. The summed E-state index contributed by atoms with van der Waals surface area (Å²) in [7, 11) is 1.64. The summed E-state index contributed by atoms with van der Waals surface area (Å²) in [4.78, 5) is 11.6. The Bertz CT molecular complexity index is 376. The summed E-state index contributed by atoms with van der Waals surface area (Å²) in [6.45, 7) is 5.96. The average molecular weight is 264 g/mol. The molecular weight excluding hydrogens is 240 g/mol. The zero-order valence-corrected chi connectivity index (χ0v) is 12.0. The third kappa shape index (κ3) is 5.85. The van der Waals surface area contributed by atoms with E-state index in [4.69, 9.17) is 4.74 Å². The maximum absolute atomic E-state index is 11.6. The fourth-order valence-corrected chi connectivity index (χ4v) is 1.71. The first kappa shape index (κ1) is 15.7. The lowest BCUT2D eigenvalue weighted by atomic mass is 9.99. The molecule has 19 heavy (non-hydrogen) atoms. The number of benzene rings is 1. The lowest BCUT2D eigenvalue weighted by molar-refractivity contribution is -0.115. The third-order valence-electron chi connectivity index (χ3n) is 3.14. The van der Waals surface area contributed by atoms with Crippen molar-refractivity contribution in [3.05, 3.63) is 29.8 Å². The van der Waals surface area contributed by atoms with Gasteiger partial charge in [-0.15, -0.1) is 0 Å². The van der Waals surface area contributed by atoms with Gasteiger partial charge in [0.15, 0.2) is 0 Å². The number of nitrogens with one attached hydrogen (secondary N) is 2. The maximum Gasteiger partial charge on any atom is 0.238 e. The molecule has 0 unspecified atom stereocenters. The normalized spacial score (nSPS) is 12.2. The van der Waals surface area contributed by atoms with Gasteiger partial charge in [-0.1, -0.05) is 26.0 Å². The number of carbonyl (C=O) groups is 1. The first-order chi connectivity index (χ1) is 9.17. The fraction of sp³-hybridized carbons (Fsp3) is 0.533. The van der Waals surface area contributed by atoms with E-state index in [9.17, 15) is 4.79 Å². The summed E-state index contributed by atoms with van der Waals surface area (Å²) in [5, 5.41) is 5.87. The van der Waals surface area contributed by atoms with E-state index in [-0.39, 0.29) is 5.91 Å². The maximum atomic E-state index is 11.6. The van der Waals surface area contributed by atoms with Crippen molar-refractivity contribution in [1.82, 2.24) is 5.32 Å². The van der Waals surface area contributed by atoms with Crippen molar-refractivity contribution in [3.63, 3.8) is 0 Å². The topological polar surface area (TPSA) is 50.4 Å². The highest BCUT2D eigenvalue weighted by molar-refractivity contribution is 5.92. The van der Waals surface area contributed by atoms with Gasteiger partial charge in [-0.2, -0.15) is 0 Å². The van der Waals surface area contributed by atoms with Gasteiger partial charge in [0.05, 0.1) is 13.2 Å². The number of hydrogen-bond donors (Lipinski definition) is 2. The van der Waals surface area contributed by atoms with Gasteiger partial charge in [0.25, 0.3) is 0 Å². The second-order valence-electron chi connectivity index (χ2n) is 4.65. The molecule has 0 saturated carbocycles. The Morgan fingerprint density at radius 3 is 2.58 bits per heavy atom. The number of carbonyl (C=O) groups excluding carboxylic acids is 1. The molecule has 0 radical (unpaired) electrons. The highest BCUT2D eigenvalue weighted by Crippen LogP contribution is 2.20. The van der Waals surface area contributed by atoms with E-state index in [1.54, 1.807) is 7.11 Å². The monoisotopic (exact) mass is 264 g/mol. The Morgan fingerprint density at radius 1 is 1.32 bits per heavy atom. The molecule has 0 bridgehead atoms. The smallest absolute Gasteiger partial charge is 0.238 e. The van der Waals surface area contributed by atoms with Gasteiger partial charge in [0.2, 0.25) is 5.91 Å². The quantitative estimate of drug-likeness (QED) is 0.709. The van der Waals surface area contributed by atoms with Gasteiger partial charge in [-0.3, -0.25) is 4.79 Å². The predicted octanol–water partition coefficient (Wildman–Crippen LogP) is 2.37. The average Bonchev–Trinajstić information content (AvgIpc) is 2.43. The zero-order valence-electron chi connectivity index (χ0n) is 12.0. The molecule has 1 aromatic rings. The summed E-state index contributed by atoms with van der Waals surface area (Å²) >= 11 is 0. The Kier molecular flexibility index (Phi) is 7.15. The van der Waals surface area contributed by atoms with Crippen LogP contribution in [0.2, 0.25) is 0 Å². The van der Waals surface area contributed by atoms with Crippen LogP contribution >= 0.6 is 0 Å². The minimum atomic E-state index is -0.0348. The van der Waals surface area contributed by atoms with Gasteiger partial charge in [-0.05, 0) is 30.0 Å². The van der Waals surface area contributed by atoms with Crippen LogP contribution in [0.3, 0.4) is 0 Å². The molecule has 4 nitrogen and oxygen atoms in total. The number of anilines is 1. The summed E-state index contributed by atoms with van der Waals surface area (Å²) in [5.74, 6) is 0.521. The van der Waals surface area contributed by atoms with Crippen LogP contribution in [0.4, 0.5) is 5.69 Å². The van der Waals surface area contributed by atoms with Crippen LogP contribution in [0.1, 0.15) is 31.7 Å². The van der Waals surface area contributed by atoms with E-state index in [0.29, 0.717) is 25.6 Å². The standard InChI is InChI=1S/C15H24N2O2/c1-4-12(2)13-5-7-14(8-6-13)17-15(18)11-16-9-10-19-3/h5-8,12,16H,4,9-11H2,1-3H3,(H,17,18)/t12-/m0/s1. The lowest BCUT2D eigenvalue weighted by Gasteiger charge is -2.10. The third-order valence-corrected chi connectivity index (χ3v) is 3.14. The molecule has 0 aliphatic heterocycles. The van der Waals surface area contributed by atoms with Crippen LogP contribution in [0.25, 0.3) is 0 Å². The molecule has 1 aromatic carbocycles. The minimum absolute atomic E-state index is 0.0348. The number of hydrogen-bond acceptors (Lipinski definition) is 3. The van der Waals surface area contributed by atoms with Crippen LogP contribution in [0, 0.1) is 0 Å². The molecule has 0 spiro atoms. The summed E-state index contributed by atoms with van der Waals surface area (Å²) in [6, 6.07) is 8.05. The predicted molar refractivity (Wildman–Crippen MR) is 78.5 cm³/mol. The van der Waals surface area contributed by atoms with Crippen molar-refractivity contribution in [2.75, 3.05) is 32.1 Å². The molecule has 2 N–H and O–H groups in total. The second kappa shape index (κ2) is 8.67. The van der Waals surface area contributed by atoms with Crippen LogP contribution in [0.5, 0.6) is 0 Å². The number of rotatable bonds is 8. The molecule has 106 valence electrons. The van der Waals surface area contributed by atoms with Crippen LogP contribution in [-0.2, 0) is 9.53 Å². The van der Waals surface area contributed by atoms with Gasteiger partial charge < -0.3 is 15.4 Å². The molecule has 1 rings (SSSR count). The van der Waals surface area contributed by atoms with Crippen molar-refractivity contribution in [3.8, 4) is 0 Å². The Hall–Kier alpha value is -1.39. The molecule has 0 aliphatic carbocycles. The SMILES string of the molecule is CC[C@H](C)c1ccc(NC(=O)CNCCOC)cc1. The van der Waals surface area contributed by atoms with E-state index in [1.807, 2.05) is 12.1 Å². The van der Waals surface area contributed by atoms with Crippen molar-refractivity contribution < 1.29 is 9.53 Å². The first-order valence-electron chi connectivity index (χ1n) is 6.76. The number of amides is 1. The van der Waals surface area contributed by atoms with E-state index < -0.39 is 0 Å². The largest absolute Gasteiger partial charge is 0.383 e. The van der Waals surface area contributed by atoms with Crippen LogP contribution in [-0.4, -0.2) is 32.7 Å². The van der Waals surface area contributed by atoms with Gasteiger partial charge in [0.1, 0.15) is 0 Å². The Labute approximate surface area is 115 Å². The van der Waals surface area contributed by atoms with Crippen molar-refractivity contribution in [1.29, 1.82) is 0 Å². The summed E-state index contributed by atoms with van der Waals surface area (Å²) < 4.78 is 4.89. The summed E-state index contributed by atoms with van der Waals surface area (Å²) in [5.41, 5.74) is 2.14. The van der Waals surface area contributed by atoms with Crippen LogP contribution in [0.15, 0.2) is 24.3 Å². The molecule has 1 atom stereocenters. The lowest BCUT2D eigenvalue weighted by Crippen LogP contribution is -2.30. The number of ether oxygens (including phenoxy) is 1. The van der Waals surface area contributed by atoms with Gasteiger partial charge >= 0.3 is 0 Å². The van der Waals surface area contributed by atoms with E-state index >= 15 is 0 Å². The zero-order chi connectivity index (χ0) is 14.1. The molecule has 0 aromatic heterocycles. The van der Waals surface area contributed by atoms with Gasteiger partial charge in [-0.25, -0.2) is 0 Å². The molecule has 0 saturated heterocycles. The van der Waals surface area contributed by atoms with E-state index in [0.717, 1.165) is 12.1 Å². The van der Waals surface area contributed by atoms with E-state index in [1.165, 1.54) is 5.56 Å². The molecule has 0 heterocycles. The highest BCUT2D eigenvalue weighted by Gasteiger charge is 2.04. The number of methoxy groups -OCH3 is 1. The molecule has 0 fully saturated rings. The molecular formula is C15H24N2O2. The van der Waals surface area contributed by atoms with Gasteiger partial charge in [0, 0.05) is 19.3 Å². The van der Waals surface area contributed by atoms with E-state index in [2.05, 4.69) is 36.6 Å². The first-order valence-corrected chi connectivity index (χ1v) is 6.76.